The summed E-state index contributed by atoms with van der Waals surface area (Å²) in [6.07, 6.45) is 0. The minimum Gasteiger partial charge on any atom is -0.508 e. The van der Waals surface area contributed by atoms with Crippen LogP contribution in [-0.2, 0) is 0 Å². The fourth-order valence-corrected chi connectivity index (χ4v) is 2.42. The molecule has 2 heterocycles. The standard InChI is InChI=1S/C14H10N6O/c21-12-4-2-1-3-9(12)13-10-7-8(14-17-19-20-18-14)5-6-11(10)15-16-13/h1-7,13,21H,(H,17,18,19,20). The summed E-state index contributed by atoms with van der Waals surface area (Å²) >= 11 is 0. The molecule has 1 aliphatic rings. The predicted octanol–water partition coefficient (Wildman–Crippen LogP) is 2.76. The highest BCUT2D eigenvalue weighted by Crippen LogP contribution is 2.43. The van der Waals surface area contributed by atoms with E-state index in [4.69, 9.17) is 0 Å². The van der Waals surface area contributed by atoms with E-state index in [-0.39, 0.29) is 11.8 Å². The lowest BCUT2D eigenvalue weighted by Gasteiger charge is -2.10. The van der Waals surface area contributed by atoms with E-state index in [0.29, 0.717) is 5.82 Å². The smallest absolute Gasteiger partial charge is 0.179 e. The van der Waals surface area contributed by atoms with Crippen LogP contribution in [0.1, 0.15) is 17.2 Å². The topological polar surface area (TPSA) is 99.4 Å². The van der Waals surface area contributed by atoms with E-state index in [1.54, 1.807) is 12.1 Å². The third kappa shape index (κ3) is 1.86. The van der Waals surface area contributed by atoms with Crippen molar-refractivity contribution in [2.75, 3.05) is 0 Å². The Morgan fingerprint density at radius 2 is 1.95 bits per heavy atom. The fourth-order valence-electron chi connectivity index (χ4n) is 2.42. The van der Waals surface area contributed by atoms with Crippen molar-refractivity contribution >= 4 is 5.69 Å². The Morgan fingerprint density at radius 1 is 1.05 bits per heavy atom. The first-order valence-electron chi connectivity index (χ1n) is 6.40. The predicted molar refractivity (Wildman–Crippen MR) is 74.1 cm³/mol. The van der Waals surface area contributed by atoms with Gasteiger partial charge in [-0.2, -0.15) is 10.2 Å². The fraction of sp³-hybridized carbons (Fsp3) is 0.0714. The Kier molecular flexibility index (Phi) is 2.50. The van der Waals surface area contributed by atoms with Gasteiger partial charge in [-0.25, -0.2) is 5.10 Å². The molecular formula is C14H10N6O. The first-order chi connectivity index (χ1) is 10.3. The molecule has 0 fully saturated rings. The van der Waals surface area contributed by atoms with Crippen molar-refractivity contribution in [3.05, 3.63) is 53.6 Å². The van der Waals surface area contributed by atoms with Crippen LogP contribution in [0, 0.1) is 0 Å². The minimum atomic E-state index is -0.308. The molecule has 0 saturated heterocycles. The highest BCUT2D eigenvalue weighted by Gasteiger charge is 2.25. The molecule has 3 aromatic rings. The van der Waals surface area contributed by atoms with Crippen molar-refractivity contribution in [1.29, 1.82) is 0 Å². The highest BCUT2D eigenvalue weighted by atomic mass is 16.3. The van der Waals surface area contributed by atoms with E-state index in [1.807, 2.05) is 30.3 Å². The van der Waals surface area contributed by atoms with E-state index < -0.39 is 0 Å². The molecule has 0 aliphatic carbocycles. The second-order valence-electron chi connectivity index (χ2n) is 4.70. The zero-order chi connectivity index (χ0) is 14.2. The van der Waals surface area contributed by atoms with Crippen LogP contribution in [-0.4, -0.2) is 25.7 Å². The van der Waals surface area contributed by atoms with Gasteiger partial charge in [0.05, 0.1) is 5.69 Å². The second kappa shape index (κ2) is 4.48. The highest BCUT2D eigenvalue weighted by molar-refractivity contribution is 5.65. The average molecular weight is 278 g/mol. The first kappa shape index (κ1) is 11.7. The number of aromatic nitrogens is 4. The van der Waals surface area contributed by atoms with Crippen molar-refractivity contribution < 1.29 is 5.11 Å². The molecule has 7 nitrogen and oxygen atoms in total. The number of nitrogens with zero attached hydrogens (tertiary/aromatic N) is 5. The molecule has 1 unspecified atom stereocenters. The molecule has 0 radical (unpaired) electrons. The Hall–Kier alpha value is -3.09. The number of aromatic amines is 1. The number of phenolic OH excluding ortho intramolecular Hbond substituents is 1. The maximum atomic E-state index is 10.0. The third-order valence-electron chi connectivity index (χ3n) is 3.45. The van der Waals surface area contributed by atoms with Crippen LogP contribution in [0.3, 0.4) is 0 Å². The zero-order valence-electron chi connectivity index (χ0n) is 10.8. The van der Waals surface area contributed by atoms with Gasteiger partial charge in [0.25, 0.3) is 0 Å². The van der Waals surface area contributed by atoms with Crippen molar-refractivity contribution in [1.82, 2.24) is 20.6 Å². The number of aromatic hydroxyl groups is 1. The zero-order valence-corrected chi connectivity index (χ0v) is 10.8. The van der Waals surface area contributed by atoms with Crippen molar-refractivity contribution in [3.8, 4) is 17.1 Å². The van der Waals surface area contributed by atoms with E-state index in [0.717, 1.165) is 22.4 Å². The summed E-state index contributed by atoms with van der Waals surface area (Å²) in [5, 5.41) is 32.2. The van der Waals surface area contributed by atoms with Gasteiger partial charge in [0.15, 0.2) is 5.82 Å². The summed E-state index contributed by atoms with van der Waals surface area (Å²) in [5.74, 6) is 0.793. The summed E-state index contributed by atoms with van der Waals surface area (Å²) in [7, 11) is 0. The second-order valence-corrected chi connectivity index (χ2v) is 4.70. The molecule has 2 N–H and O–H groups in total. The maximum Gasteiger partial charge on any atom is 0.179 e. The number of benzene rings is 2. The first-order valence-corrected chi connectivity index (χ1v) is 6.40. The lowest BCUT2D eigenvalue weighted by Crippen LogP contribution is -1.95. The van der Waals surface area contributed by atoms with Gasteiger partial charge < -0.3 is 5.11 Å². The molecule has 0 amide bonds. The van der Waals surface area contributed by atoms with Gasteiger partial charge in [-0.15, -0.1) is 5.10 Å². The molecule has 0 bridgehead atoms. The number of H-pyrrole nitrogens is 1. The van der Waals surface area contributed by atoms with Gasteiger partial charge in [-0.3, -0.25) is 0 Å². The van der Waals surface area contributed by atoms with Gasteiger partial charge in [-0.1, -0.05) is 18.2 Å². The van der Waals surface area contributed by atoms with E-state index in [1.165, 1.54) is 0 Å². The number of fused-ring (bicyclic) bond motifs is 1. The van der Waals surface area contributed by atoms with Gasteiger partial charge >= 0.3 is 0 Å². The number of para-hydroxylation sites is 1. The Bertz CT molecular complexity index is 827. The van der Waals surface area contributed by atoms with Crippen LogP contribution < -0.4 is 0 Å². The van der Waals surface area contributed by atoms with Crippen molar-refractivity contribution in [2.45, 2.75) is 6.04 Å². The number of tetrazole rings is 1. The van der Waals surface area contributed by atoms with Gasteiger partial charge in [-0.05, 0) is 34.7 Å². The van der Waals surface area contributed by atoms with Crippen LogP contribution >= 0.6 is 0 Å². The average Bonchev–Trinajstić information content (AvgIpc) is 3.17. The molecule has 1 atom stereocenters. The van der Waals surface area contributed by atoms with E-state index >= 15 is 0 Å². The monoisotopic (exact) mass is 278 g/mol. The molecule has 1 aliphatic heterocycles. The molecular weight excluding hydrogens is 268 g/mol. The SMILES string of the molecule is Oc1ccccc1C1N=Nc2ccc(-c3nnn[nH]3)cc21. The van der Waals surface area contributed by atoms with Crippen molar-refractivity contribution in [2.24, 2.45) is 10.2 Å². The Morgan fingerprint density at radius 3 is 2.76 bits per heavy atom. The number of nitrogens with one attached hydrogen (secondary N) is 1. The van der Waals surface area contributed by atoms with E-state index in [2.05, 4.69) is 30.9 Å². The van der Waals surface area contributed by atoms with Crippen LogP contribution in [0.4, 0.5) is 5.69 Å². The molecule has 4 rings (SSSR count). The van der Waals surface area contributed by atoms with Crippen LogP contribution in [0.5, 0.6) is 5.75 Å². The summed E-state index contributed by atoms with van der Waals surface area (Å²) in [6, 6.07) is 12.5. The number of hydrogen-bond donors (Lipinski definition) is 2. The quantitative estimate of drug-likeness (QED) is 0.752. The summed E-state index contributed by atoms with van der Waals surface area (Å²) < 4.78 is 0. The summed E-state index contributed by atoms with van der Waals surface area (Å²) in [5.41, 5.74) is 3.30. The maximum absolute atomic E-state index is 10.0. The lowest BCUT2D eigenvalue weighted by molar-refractivity contribution is 0.465. The Labute approximate surface area is 119 Å². The van der Waals surface area contributed by atoms with Crippen LogP contribution in [0.15, 0.2) is 52.7 Å². The van der Waals surface area contributed by atoms with Gasteiger partial charge in [0, 0.05) is 16.7 Å². The number of rotatable bonds is 2. The number of azo groups is 1. The van der Waals surface area contributed by atoms with Gasteiger partial charge in [0.2, 0.25) is 0 Å². The number of hydrogen-bond acceptors (Lipinski definition) is 6. The summed E-state index contributed by atoms with van der Waals surface area (Å²) in [6.45, 7) is 0. The van der Waals surface area contributed by atoms with Crippen LogP contribution in [0.2, 0.25) is 0 Å². The lowest BCUT2D eigenvalue weighted by atomic mass is 9.96. The largest absolute Gasteiger partial charge is 0.508 e. The molecule has 0 saturated carbocycles. The number of phenols is 1. The normalized spacial score (nSPS) is 16.1. The molecule has 21 heavy (non-hydrogen) atoms. The Balaban J connectivity index is 1.82. The minimum absolute atomic E-state index is 0.209. The third-order valence-corrected chi connectivity index (χ3v) is 3.45. The van der Waals surface area contributed by atoms with Crippen molar-refractivity contribution in [3.63, 3.8) is 0 Å². The van der Waals surface area contributed by atoms with Crippen LogP contribution in [0.25, 0.3) is 11.4 Å². The molecule has 0 spiro atoms. The molecule has 102 valence electrons. The van der Waals surface area contributed by atoms with Gasteiger partial charge in [0.1, 0.15) is 11.8 Å². The molecule has 2 aromatic carbocycles. The summed E-state index contributed by atoms with van der Waals surface area (Å²) in [4.78, 5) is 0. The van der Waals surface area contributed by atoms with E-state index in [9.17, 15) is 5.11 Å². The molecule has 1 aromatic heterocycles. The molecule has 7 heteroatoms.